The molecule has 0 aliphatic carbocycles. The van der Waals surface area contributed by atoms with Crippen LogP contribution >= 0.6 is 11.8 Å². The Morgan fingerprint density at radius 2 is 1.82 bits per heavy atom. The summed E-state index contributed by atoms with van der Waals surface area (Å²) < 4.78 is 16.5. The Bertz CT molecular complexity index is 1510. The maximum atomic E-state index is 13.3. The van der Waals surface area contributed by atoms with E-state index < -0.39 is 0 Å². The van der Waals surface area contributed by atoms with Crippen LogP contribution < -0.4 is 9.47 Å². The van der Waals surface area contributed by atoms with Crippen molar-refractivity contribution in [1.29, 1.82) is 0 Å². The quantitative estimate of drug-likeness (QED) is 0.165. The summed E-state index contributed by atoms with van der Waals surface area (Å²) in [6.45, 7) is 0.212. The Hall–Kier alpha value is -4.76. The van der Waals surface area contributed by atoms with Crippen molar-refractivity contribution in [1.82, 2.24) is 4.90 Å². The topological polar surface area (TPSA) is 96.9 Å². The molecule has 1 N–H and O–H groups in total. The minimum Gasteiger partial charge on any atom is -0.504 e. The van der Waals surface area contributed by atoms with Gasteiger partial charge in [0.2, 0.25) is 0 Å². The van der Waals surface area contributed by atoms with E-state index in [2.05, 4.69) is 10.2 Å². The van der Waals surface area contributed by atoms with Crippen molar-refractivity contribution < 1.29 is 23.8 Å². The molecule has 190 valence electrons. The van der Waals surface area contributed by atoms with Crippen LogP contribution in [-0.4, -0.2) is 34.4 Å². The number of rotatable bonds is 8. The lowest BCUT2D eigenvalue weighted by Crippen LogP contribution is -2.28. The fraction of sp³-hybridized carbons (Fsp3) is 0.0690. The molecule has 0 spiro atoms. The first-order valence-electron chi connectivity index (χ1n) is 11.6. The van der Waals surface area contributed by atoms with Gasteiger partial charge in [0.05, 0.1) is 31.0 Å². The zero-order valence-corrected chi connectivity index (χ0v) is 21.2. The number of amides is 1. The van der Waals surface area contributed by atoms with Gasteiger partial charge in [0.1, 0.15) is 17.3 Å². The van der Waals surface area contributed by atoms with Crippen LogP contribution in [0, 0.1) is 0 Å². The number of benzene rings is 3. The Morgan fingerprint density at radius 1 is 0.974 bits per heavy atom. The van der Waals surface area contributed by atoms with E-state index in [1.165, 1.54) is 29.8 Å². The highest BCUT2D eigenvalue weighted by molar-refractivity contribution is 8.18. The molecule has 0 unspecified atom stereocenters. The van der Waals surface area contributed by atoms with Crippen LogP contribution in [0.1, 0.15) is 16.9 Å². The first kappa shape index (κ1) is 24.9. The van der Waals surface area contributed by atoms with E-state index >= 15 is 0 Å². The number of hydrogen-bond acceptors (Lipinski definition) is 8. The van der Waals surface area contributed by atoms with E-state index in [4.69, 9.17) is 13.9 Å². The van der Waals surface area contributed by atoms with Gasteiger partial charge in [0, 0.05) is 0 Å². The number of carbonyl (C=O) groups excluding carboxylic acids is 1. The van der Waals surface area contributed by atoms with Gasteiger partial charge in [-0.2, -0.15) is 5.10 Å². The second-order valence-corrected chi connectivity index (χ2v) is 9.14. The van der Waals surface area contributed by atoms with E-state index in [-0.39, 0.29) is 18.2 Å². The van der Waals surface area contributed by atoms with Crippen LogP contribution in [0.4, 0.5) is 0 Å². The summed E-state index contributed by atoms with van der Waals surface area (Å²) in [4.78, 5) is 15.3. The minimum atomic E-state index is -0.231. The molecule has 38 heavy (non-hydrogen) atoms. The average Bonchev–Trinajstić information content (AvgIpc) is 3.55. The number of hydrogen-bond donors (Lipinski definition) is 1. The largest absolute Gasteiger partial charge is 0.504 e. The predicted octanol–water partition coefficient (Wildman–Crippen LogP) is 6.29. The molecule has 0 radical (unpaired) electrons. The summed E-state index contributed by atoms with van der Waals surface area (Å²) in [5, 5.41) is 18.9. The molecule has 1 aliphatic heterocycles. The normalized spacial score (nSPS) is 15.6. The molecule has 1 saturated heterocycles. The van der Waals surface area contributed by atoms with E-state index in [1.807, 2.05) is 54.6 Å². The van der Waals surface area contributed by atoms with Crippen LogP contribution in [0.2, 0.25) is 0 Å². The van der Waals surface area contributed by atoms with E-state index in [0.717, 1.165) is 11.3 Å². The number of amidine groups is 1. The molecule has 4 aromatic rings. The monoisotopic (exact) mass is 525 g/mol. The molecular weight excluding hydrogens is 502 g/mol. The number of phenolic OH excluding ortho intramolecular Hbond substituents is 1. The molecule has 1 fully saturated rings. The molecule has 0 saturated carbocycles. The molecule has 1 aliphatic rings. The molecule has 0 atom stereocenters. The average molecular weight is 526 g/mol. The van der Waals surface area contributed by atoms with Gasteiger partial charge < -0.3 is 19.0 Å². The van der Waals surface area contributed by atoms with Gasteiger partial charge >= 0.3 is 0 Å². The van der Waals surface area contributed by atoms with Crippen molar-refractivity contribution in [3.63, 3.8) is 0 Å². The predicted molar refractivity (Wildman–Crippen MR) is 147 cm³/mol. The number of nitrogens with zero attached hydrogens (tertiary/aromatic N) is 3. The van der Waals surface area contributed by atoms with Gasteiger partial charge in [-0.1, -0.05) is 36.4 Å². The summed E-state index contributed by atoms with van der Waals surface area (Å²) in [6, 6.07) is 25.4. The van der Waals surface area contributed by atoms with Crippen molar-refractivity contribution in [2.45, 2.75) is 6.54 Å². The smallest absolute Gasteiger partial charge is 0.267 e. The zero-order chi connectivity index (χ0) is 26.3. The lowest BCUT2D eigenvalue weighted by Gasteiger charge is -2.12. The molecule has 8 nitrogen and oxygen atoms in total. The van der Waals surface area contributed by atoms with E-state index in [0.29, 0.717) is 32.9 Å². The minimum absolute atomic E-state index is 0.0225. The summed E-state index contributed by atoms with van der Waals surface area (Å²) in [5.74, 6) is 2.14. The Morgan fingerprint density at radius 3 is 2.61 bits per heavy atom. The lowest BCUT2D eigenvalue weighted by atomic mass is 10.2. The third-order valence-electron chi connectivity index (χ3n) is 5.47. The number of methoxy groups -OCH3 is 1. The highest BCUT2D eigenvalue weighted by Crippen LogP contribution is 2.35. The molecule has 1 aromatic heterocycles. The van der Waals surface area contributed by atoms with Crippen LogP contribution in [0.25, 0.3) is 6.08 Å². The molecule has 3 aromatic carbocycles. The first-order chi connectivity index (χ1) is 18.6. The summed E-state index contributed by atoms with van der Waals surface area (Å²) in [5.41, 5.74) is 1.50. The number of furan rings is 1. The van der Waals surface area contributed by atoms with Crippen molar-refractivity contribution in [3.8, 4) is 23.0 Å². The Labute approximate surface area is 223 Å². The number of aromatic hydroxyl groups is 1. The van der Waals surface area contributed by atoms with Crippen molar-refractivity contribution >= 4 is 35.1 Å². The van der Waals surface area contributed by atoms with E-state index in [9.17, 15) is 9.90 Å². The van der Waals surface area contributed by atoms with Crippen molar-refractivity contribution in [3.05, 3.63) is 113 Å². The number of thioether (sulfide) groups is 1. The fourth-order valence-electron chi connectivity index (χ4n) is 3.64. The highest BCUT2D eigenvalue weighted by atomic mass is 32.2. The maximum absolute atomic E-state index is 13.3. The lowest BCUT2D eigenvalue weighted by molar-refractivity contribution is -0.122. The first-order valence-corrected chi connectivity index (χ1v) is 12.5. The Kier molecular flexibility index (Phi) is 7.56. The molecular formula is C29H23N3O5S. The number of para-hydroxylation sites is 1. The number of phenols is 1. The van der Waals surface area contributed by atoms with Gasteiger partial charge in [0.25, 0.3) is 5.91 Å². The van der Waals surface area contributed by atoms with Gasteiger partial charge in [-0.15, -0.1) is 5.10 Å². The molecule has 1 amide bonds. The zero-order valence-electron chi connectivity index (χ0n) is 20.4. The van der Waals surface area contributed by atoms with Gasteiger partial charge in [0.15, 0.2) is 16.7 Å². The van der Waals surface area contributed by atoms with Gasteiger partial charge in [-0.25, -0.2) is 0 Å². The van der Waals surface area contributed by atoms with Gasteiger partial charge in [-0.3, -0.25) is 9.69 Å². The van der Waals surface area contributed by atoms with Crippen molar-refractivity contribution in [2.75, 3.05) is 7.11 Å². The Balaban J connectivity index is 1.38. The summed E-state index contributed by atoms with van der Waals surface area (Å²) >= 11 is 1.21. The molecule has 5 rings (SSSR count). The van der Waals surface area contributed by atoms with Crippen LogP contribution in [0.15, 0.2) is 111 Å². The SMILES string of the molecule is COc1cc(/C=C2\S/C(=N\N=C\c3cccc(Oc4ccccc4)c3)N(Cc3ccco3)C2=O)ccc1O. The number of carbonyl (C=O) groups is 1. The van der Waals surface area contributed by atoms with Crippen molar-refractivity contribution in [2.24, 2.45) is 10.2 Å². The standard InChI is InChI=1S/C29H23N3O5S/c1-35-26-16-20(12-13-25(26)33)17-27-28(34)32(19-24-11-6-14-36-24)29(38-27)31-30-18-21-7-5-10-23(15-21)37-22-8-3-2-4-9-22/h2-18,33H,19H2,1H3/b27-17-,30-18+,31-29-. The maximum Gasteiger partial charge on any atom is 0.267 e. The fourth-order valence-corrected chi connectivity index (χ4v) is 4.58. The second kappa shape index (κ2) is 11.5. The van der Waals surface area contributed by atoms with Gasteiger partial charge in [-0.05, 0) is 77.5 Å². The molecule has 2 heterocycles. The third-order valence-corrected chi connectivity index (χ3v) is 6.47. The van der Waals surface area contributed by atoms with Crippen LogP contribution in [0.5, 0.6) is 23.0 Å². The summed E-state index contributed by atoms with van der Waals surface area (Å²) in [6.07, 6.45) is 4.89. The second-order valence-electron chi connectivity index (χ2n) is 8.13. The number of ether oxygens (including phenoxy) is 2. The van der Waals surface area contributed by atoms with Crippen LogP contribution in [0.3, 0.4) is 0 Å². The summed E-state index contributed by atoms with van der Waals surface area (Å²) in [7, 11) is 1.47. The highest BCUT2D eigenvalue weighted by Gasteiger charge is 2.34. The third kappa shape index (κ3) is 5.96. The van der Waals surface area contributed by atoms with E-state index in [1.54, 1.807) is 42.8 Å². The van der Waals surface area contributed by atoms with Crippen LogP contribution in [-0.2, 0) is 11.3 Å². The molecule has 9 heteroatoms. The molecule has 0 bridgehead atoms.